The van der Waals surface area contributed by atoms with Gasteiger partial charge in [-0.15, -0.1) is 0 Å². The SMILES string of the molecule is CC(C)(C)OC(=O)N1C[C@@H](NC(=O)COc2ccc(Cl)c(F)c2)CC[C@@H]1C(=O)Nc1ccc(C(F)(F)F)cc1O. The summed E-state index contributed by atoms with van der Waals surface area (Å²) in [7, 11) is 0. The van der Waals surface area contributed by atoms with Crippen molar-refractivity contribution in [1.82, 2.24) is 10.2 Å². The summed E-state index contributed by atoms with van der Waals surface area (Å²) in [5.74, 6) is -2.76. The predicted molar refractivity (Wildman–Crippen MR) is 137 cm³/mol. The van der Waals surface area contributed by atoms with Gasteiger partial charge in [-0.1, -0.05) is 11.6 Å². The molecule has 14 heteroatoms. The molecule has 1 fully saturated rings. The highest BCUT2D eigenvalue weighted by atomic mass is 35.5. The molecule has 218 valence electrons. The lowest BCUT2D eigenvalue weighted by Crippen LogP contribution is -2.58. The average Bonchev–Trinajstić information content (AvgIpc) is 2.84. The van der Waals surface area contributed by atoms with Crippen molar-refractivity contribution in [2.75, 3.05) is 18.5 Å². The average molecular weight is 590 g/mol. The summed E-state index contributed by atoms with van der Waals surface area (Å²) in [5.41, 5.74) is -2.28. The molecule has 9 nitrogen and oxygen atoms in total. The van der Waals surface area contributed by atoms with E-state index in [1.54, 1.807) is 20.8 Å². The molecule has 3 rings (SSSR count). The Morgan fingerprint density at radius 1 is 1.10 bits per heavy atom. The number of aromatic hydroxyl groups is 1. The van der Waals surface area contributed by atoms with Crippen LogP contribution in [0.2, 0.25) is 5.02 Å². The van der Waals surface area contributed by atoms with Crippen molar-refractivity contribution in [2.45, 2.75) is 57.5 Å². The molecule has 1 saturated heterocycles. The molecule has 0 bridgehead atoms. The van der Waals surface area contributed by atoms with Crippen molar-refractivity contribution in [1.29, 1.82) is 0 Å². The number of nitrogens with zero attached hydrogens (tertiary/aromatic N) is 1. The lowest BCUT2D eigenvalue weighted by atomic mass is 9.97. The smallest absolute Gasteiger partial charge is 0.416 e. The third-order valence-corrected chi connectivity index (χ3v) is 6.03. The van der Waals surface area contributed by atoms with E-state index in [-0.39, 0.29) is 35.8 Å². The Bertz CT molecular complexity index is 1270. The van der Waals surface area contributed by atoms with Crippen LogP contribution in [0.25, 0.3) is 0 Å². The number of ether oxygens (including phenoxy) is 2. The number of halogens is 5. The number of nitrogens with one attached hydrogen (secondary N) is 2. The van der Waals surface area contributed by atoms with Crippen LogP contribution in [-0.2, 0) is 20.5 Å². The molecule has 3 N–H and O–H groups in total. The van der Waals surface area contributed by atoms with E-state index in [4.69, 9.17) is 21.1 Å². The molecular formula is C26H28ClF4N3O6. The molecule has 2 atom stereocenters. The number of phenolic OH excluding ortho intramolecular Hbond substituents is 1. The zero-order valence-corrected chi connectivity index (χ0v) is 22.5. The second-order valence-electron chi connectivity index (χ2n) is 10.1. The van der Waals surface area contributed by atoms with Crippen molar-refractivity contribution in [2.24, 2.45) is 0 Å². The first-order valence-electron chi connectivity index (χ1n) is 12.1. The van der Waals surface area contributed by atoms with Crippen LogP contribution in [0, 0.1) is 5.82 Å². The zero-order valence-electron chi connectivity index (χ0n) is 21.8. The largest absolute Gasteiger partial charge is 0.506 e. The van der Waals surface area contributed by atoms with E-state index >= 15 is 0 Å². The third kappa shape index (κ3) is 8.38. The number of phenols is 1. The van der Waals surface area contributed by atoms with Crippen LogP contribution in [0.1, 0.15) is 39.2 Å². The zero-order chi connectivity index (χ0) is 29.8. The molecule has 0 saturated carbocycles. The maximum absolute atomic E-state index is 13.6. The van der Waals surface area contributed by atoms with Gasteiger partial charge in [0.1, 0.15) is 29.0 Å². The number of carbonyl (C=O) groups is 3. The van der Waals surface area contributed by atoms with E-state index in [1.165, 1.54) is 12.1 Å². The highest BCUT2D eigenvalue weighted by Crippen LogP contribution is 2.35. The first-order valence-corrected chi connectivity index (χ1v) is 12.5. The van der Waals surface area contributed by atoms with Crippen molar-refractivity contribution >= 4 is 35.2 Å². The molecule has 0 aromatic heterocycles. The predicted octanol–water partition coefficient (Wildman–Crippen LogP) is 5.11. The summed E-state index contributed by atoms with van der Waals surface area (Å²) in [5, 5.41) is 15.0. The quantitative estimate of drug-likeness (QED) is 0.319. The molecule has 0 radical (unpaired) electrons. The van der Waals surface area contributed by atoms with Crippen molar-refractivity contribution in [3.8, 4) is 11.5 Å². The number of hydrogen-bond donors (Lipinski definition) is 3. The number of rotatable bonds is 6. The molecule has 2 aromatic rings. The Hall–Kier alpha value is -3.74. The number of carbonyl (C=O) groups excluding carboxylic acids is 3. The van der Waals surface area contributed by atoms with Gasteiger partial charge in [0.15, 0.2) is 6.61 Å². The van der Waals surface area contributed by atoms with Crippen LogP contribution in [0.15, 0.2) is 36.4 Å². The Morgan fingerprint density at radius 3 is 2.40 bits per heavy atom. The van der Waals surface area contributed by atoms with Crippen molar-refractivity contribution in [3.05, 3.63) is 52.8 Å². The lowest BCUT2D eigenvalue weighted by molar-refractivity contribution is -0.137. The maximum Gasteiger partial charge on any atom is 0.416 e. The number of benzene rings is 2. The third-order valence-electron chi connectivity index (χ3n) is 5.72. The van der Waals surface area contributed by atoms with Crippen molar-refractivity contribution < 1.29 is 46.5 Å². The molecule has 1 heterocycles. The summed E-state index contributed by atoms with van der Waals surface area (Å²) in [6, 6.07) is 4.07. The van der Waals surface area contributed by atoms with E-state index in [0.717, 1.165) is 17.0 Å². The monoisotopic (exact) mass is 589 g/mol. The van der Waals surface area contributed by atoms with Gasteiger partial charge in [0.05, 0.1) is 16.3 Å². The molecule has 1 aliphatic heterocycles. The van der Waals surface area contributed by atoms with Gasteiger partial charge in [-0.25, -0.2) is 9.18 Å². The standard InChI is InChI=1S/C26H28ClF4N3O6/c1-25(2,3)40-24(38)34-12-15(32-22(36)13-39-16-6-7-17(27)18(28)11-16)5-9-20(34)23(37)33-19-8-4-14(10-21(19)35)26(29,30)31/h4,6-8,10-11,15,20,35H,5,9,12-13H2,1-3H3,(H,32,36)(H,33,37)/t15-,20+/m0/s1. The fourth-order valence-electron chi connectivity index (χ4n) is 3.90. The summed E-state index contributed by atoms with van der Waals surface area (Å²) >= 11 is 5.63. The van der Waals surface area contributed by atoms with Gasteiger partial charge >= 0.3 is 12.3 Å². The minimum absolute atomic E-state index is 0.0562. The topological polar surface area (TPSA) is 117 Å². The second-order valence-corrected chi connectivity index (χ2v) is 10.5. The van der Waals surface area contributed by atoms with Crippen LogP contribution < -0.4 is 15.4 Å². The van der Waals surface area contributed by atoms with Crippen LogP contribution in [0.5, 0.6) is 11.5 Å². The summed E-state index contributed by atoms with van der Waals surface area (Å²) in [4.78, 5) is 39.6. The summed E-state index contributed by atoms with van der Waals surface area (Å²) in [6.07, 6.45) is -5.23. The fourth-order valence-corrected chi connectivity index (χ4v) is 4.02. The van der Waals surface area contributed by atoms with E-state index in [9.17, 15) is 37.1 Å². The molecule has 1 aliphatic rings. The Morgan fingerprint density at radius 2 is 1.80 bits per heavy atom. The number of alkyl halides is 3. The molecule has 3 amide bonds. The van der Waals surface area contributed by atoms with Gasteiger partial charge in [-0.3, -0.25) is 14.5 Å². The van der Waals surface area contributed by atoms with Crippen LogP contribution >= 0.6 is 11.6 Å². The van der Waals surface area contributed by atoms with E-state index in [0.29, 0.717) is 12.1 Å². The van der Waals surface area contributed by atoms with E-state index in [1.807, 2.05) is 0 Å². The maximum atomic E-state index is 13.6. The van der Waals surface area contributed by atoms with Gasteiger partial charge in [-0.2, -0.15) is 13.2 Å². The molecular weight excluding hydrogens is 562 g/mol. The van der Waals surface area contributed by atoms with Crippen molar-refractivity contribution in [3.63, 3.8) is 0 Å². The van der Waals surface area contributed by atoms with E-state index in [2.05, 4.69) is 10.6 Å². The van der Waals surface area contributed by atoms with E-state index < -0.39 is 65.5 Å². The number of piperidine rings is 1. The van der Waals surface area contributed by atoms with Crippen LogP contribution in [0.3, 0.4) is 0 Å². The van der Waals surface area contributed by atoms with Gasteiger partial charge in [0, 0.05) is 18.7 Å². The van der Waals surface area contributed by atoms with Gasteiger partial charge in [-0.05, 0) is 63.9 Å². The number of likely N-dealkylation sites (tertiary alicyclic amines) is 1. The normalized spacial score (nSPS) is 17.6. The van der Waals surface area contributed by atoms with Gasteiger partial charge in [0.25, 0.3) is 5.91 Å². The number of amides is 3. The Labute approximate surface area is 232 Å². The first kappa shape index (κ1) is 30.8. The molecule has 40 heavy (non-hydrogen) atoms. The van der Waals surface area contributed by atoms with Gasteiger partial charge in [0.2, 0.25) is 5.91 Å². The minimum Gasteiger partial charge on any atom is -0.506 e. The Kier molecular flexibility index (Phi) is 9.39. The lowest BCUT2D eigenvalue weighted by Gasteiger charge is -2.39. The first-order chi connectivity index (χ1) is 18.5. The molecule has 0 unspecified atom stereocenters. The minimum atomic E-state index is -4.69. The second kappa shape index (κ2) is 12.2. The highest BCUT2D eigenvalue weighted by molar-refractivity contribution is 6.30. The Balaban J connectivity index is 1.68. The number of hydrogen-bond acceptors (Lipinski definition) is 6. The molecule has 2 aromatic carbocycles. The van der Waals surface area contributed by atoms with Crippen LogP contribution in [-0.4, -0.2) is 58.8 Å². The highest BCUT2D eigenvalue weighted by Gasteiger charge is 2.39. The summed E-state index contributed by atoms with van der Waals surface area (Å²) in [6.45, 7) is 4.29. The van der Waals surface area contributed by atoms with Gasteiger partial charge < -0.3 is 25.2 Å². The molecule has 0 spiro atoms. The fraction of sp³-hybridized carbons (Fsp3) is 0.423. The number of anilines is 1. The van der Waals surface area contributed by atoms with Crippen LogP contribution in [0.4, 0.5) is 28.0 Å². The molecule has 0 aliphatic carbocycles. The summed E-state index contributed by atoms with van der Waals surface area (Å²) < 4.78 is 63.0.